The van der Waals surface area contributed by atoms with Gasteiger partial charge in [0, 0.05) is 5.56 Å². The lowest BCUT2D eigenvalue weighted by Crippen LogP contribution is -2.14. The molecule has 0 saturated heterocycles. The lowest BCUT2D eigenvalue weighted by Gasteiger charge is -2.13. The number of carbonyl (C=O) groups is 1. The minimum atomic E-state index is -0.923. The highest BCUT2D eigenvalue weighted by Crippen LogP contribution is 2.52. The maximum atomic E-state index is 12.1. The Morgan fingerprint density at radius 1 is 1.17 bits per heavy atom. The zero-order valence-corrected chi connectivity index (χ0v) is 13.7. The Balaban J connectivity index is 1.72. The number of hydrogen-bond acceptors (Lipinski definition) is 4. The molecule has 3 rings (SSSR count). The van der Waals surface area contributed by atoms with Gasteiger partial charge in [0.25, 0.3) is 0 Å². The summed E-state index contributed by atoms with van der Waals surface area (Å²) in [6, 6.07) is 18.5. The summed E-state index contributed by atoms with van der Waals surface area (Å²) < 4.78 is 11.2. The van der Waals surface area contributed by atoms with Crippen LogP contribution in [0.1, 0.15) is 31.9 Å². The Hall–Kier alpha value is -2.80. The van der Waals surface area contributed by atoms with E-state index >= 15 is 0 Å². The van der Waals surface area contributed by atoms with Crippen LogP contribution in [0.2, 0.25) is 0 Å². The number of nitriles is 1. The predicted molar refractivity (Wildman–Crippen MR) is 89.3 cm³/mol. The summed E-state index contributed by atoms with van der Waals surface area (Å²) in [7, 11) is 0. The van der Waals surface area contributed by atoms with E-state index in [1.165, 1.54) is 0 Å². The molecule has 0 aliphatic heterocycles. The highest BCUT2D eigenvalue weighted by molar-refractivity contribution is 5.77. The number of ether oxygens (including phenoxy) is 2. The van der Waals surface area contributed by atoms with Gasteiger partial charge in [0.2, 0.25) is 6.10 Å². The van der Waals surface area contributed by atoms with Gasteiger partial charge in [0.05, 0.1) is 5.92 Å². The first-order valence-corrected chi connectivity index (χ1v) is 7.92. The molecule has 1 saturated carbocycles. The minimum Gasteiger partial charge on any atom is -0.457 e. The van der Waals surface area contributed by atoms with Gasteiger partial charge in [-0.3, -0.25) is 4.79 Å². The molecule has 1 aliphatic rings. The highest BCUT2D eigenvalue weighted by Gasteiger charge is 2.52. The van der Waals surface area contributed by atoms with Crippen molar-refractivity contribution in [3.8, 4) is 17.6 Å². The van der Waals surface area contributed by atoms with Crippen LogP contribution >= 0.6 is 0 Å². The summed E-state index contributed by atoms with van der Waals surface area (Å²) in [5.41, 5.74) is 0.591. The van der Waals surface area contributed by atoms with Crippen LogP contribution in [0.3, 0.4) is 0 Å². The molecule has 122 valence electrons. The molecule has 0 bridgehead atoms. The molecule has 2 aromatic carbocycles. The van der Waals surface area contributed by atoms with Crippen molar-refractivity contribution < 1.29 is 14.3 Å². The van der Waals surface area contributed by atoms with E-state index in [0.29, 0.717) is 17.1 Å². The van der Waals surface area contributed by atoms with Gasteiger partial charge in [-0.2, -0.15) is 5.26 Å². The Labute approximate surface area is 141 Å². The Bertz CT molecular complexity index is 777. The lowest BCUT2D eigenvalue weighted by molar-refractivity contribution is -0.149. The SMILES string of the molecule is CC1(C)C[C@@H]1C(=O)O[C@H](C#N)c1cccc(Oc2ccccc2)c1. The average molecular weight is 321 g/mol. The molecular formula is C20H19NO3. The smallest absolute Gasteiger partial charge is 0.311 e. The van der Waals surface area contributed by atoms with E-state index in [1.54, 1.807) is 24.3 Å². The molecule has 0 amide bonds. The fourth-order valence-corrected chi connectivity index (χ4v) is 2.60. The lowest BCUT2D eigenvalue weighted by atomic mass is 10.1. The van der Waals surface area contributed by atoms with Crippen molar-refractivity contribution in [2.45, 2.75) is 26.4 Å². The maximum absolute atomic E-state index is 12.1. The molecule has 0 radical (unpaired) electrons. The van der Waals surface area contributed by atoms with Gasteiger partial charge in [-0.15, -0.1) is 0 Å². The van der Waals surface area contributed by atoms with Crippen molar-refractivity contribution in [1.82, 2.24) is 0 Å². The molecule has 0 spiro atoms. The van der Waals surface area contributed by atoms with Crippen LogP contribution in [-0.4, -0.2) is 5.97 Å². The Morgan fingerprint density at radius 3 is 2.46 bits per heavy atom. The van der Waals surface area contributed by atoms with Crippen molar-refractivity contribution in [3.05, 3.63) is 60.2 Å². The average Bonchev–Trinajstić information content (AvgIpc) is 3.22. The molecule has 0 heterocycles. The molecule has 2 atom stereocenters. The van der Waals surface area contributed by atoms with Gasteiger partial charge in [0.15, 0.2) is 0 Å². The maximum Gasteiger partial charge on any atom is 0.311 e. The van der Waals surface area contributed by atoms with E-state index in [1.807, 2.05) is 44.2 Å². The van der Waals surface area contributed by atoms with Crippen LogP contribution in [0, 0.1) is 22.7 Å². The topological polar surface area (TPSA) is 59.3 Å². The predicted octanol–water partition coefficient (Wildman–Crippen LogP) is 4.63. The van der Waals surface area contributed by atoms with Gasteiger partial charge in [0.1, 0.15) is 17.6 Å². The number of nitrogens with zero attached hydrogens (tertiary/aromatic N) is 1. The highest BCUT2D eigenvalue weighted by atomic mass is 16.5. The second kappa shape index (κ2) is 6.37. The Kier molecular flexibility index (Phi) is 4.26. The molecule has 0 aromatic heterocycles. The first-order valence-electron chi connectivity index (χ1n) is 7.92. The number of benzene rings is 2. The third-order valence-electron chi connectivity index (χ3n) is 4.29. The largest absolute Gasteiger partial charge is 0.457 e. The van der Waals surface area contributed by atoms with Crippen LogP contribution in [-0.2, 0) is 9.53 Å². The van der Waals surface area contributed by atoms with Gasteiger partial charge < -0.3 is 9.47 Å². The van der Waals surface area contributed by atoms with Crippen molar-refractivity contribution in [2.24, 2.45) is 11.3 Å². The Morgan fingerprint density at radius 2 is 1.83 bits per heavy atom. The van der Waals surface area contributed by atoms with Crippen LogP contribution in [0.4, 0.5) is 0 Å². The van der Waals surface area contributed by atoms with E-state index < -0.39 is 6.10 Å². The molecule has 1 aliphatic carbocycles. The quantitative estimate of drug-likeness (QED) is 0.753. The fourth-order valence-electron chi connectivity index (χ4n) is 2.60. The van der Waals surface area contributed by atoms with Crippen molar-refractivity contribution in [1.29, 1.82) is 5.26 Å². The zero-order chi connectivity index (χ0) is 17.2. The summed E-state index contributed by atoms with van der Waals surface area (Å²) in [4.78, 5) is 12.1. The summed E-state index contributed by atoms with van der Waals surface area (Å²) in [6.45, 7) is 4.04. The second-order valence-electron chi connectivity index (χ2n) is 6.68. The third-order valence-corrected chi connectivity index (χ3v) is 4.29. The number of esters is 1. The number of rotatable bonds is 5. The zero-order valence-electron chi connectivity index (χ0n) is 13.7. The molecule has 0 unspecified atom stereocenters. The number of para-hydroxylation sites is 1. The van der Waals surface area contributed by atoms with E-state index in [4.69, 9.17) is 9.47 Å². The van der Waals surface area contributed by atoms with Crippen LogP contribution < -0.4 is 4.74 Å². The fraction of sp³-hybridized carbons (Fsp3) is 0.300. The molecule has 2 aromatic rings. The first-order chi connectivity index (χ1) is 11.5. The molecule has 0 N–H and O–H groups in total. The second-order valence-corrected chi connectivity index (χ2v) is 6.68. The van der Waals surface area contributed by atoms with E-state index in [2.05, 4.69) is 6.07 Å². The van der Waals surface area contributed by atoms with Crippen LogP contribution in [0.5, 0.6) is 11.5 Å². The monoisotopic (exact) mass is 321 g/mol. The van der Waals surface area contributed by atoms with Gasteiger partial charge in [-0.25, -0.2) is 0 Å². The third kappa shape index (κ3) is 3.57. The van der Waals surface area contributed by atoms with Crippen molar-refractivity contribution in [3.63, 3.8) is 0 Å². The molecular weight excluding hydrogens is 302 g/mol. The van der Waals surface area contributed by atoms with Gasteiger partial charge in [-0.05, 0) is 36.1 Å². The summed E-state index contributed by atoms with van der Waals surface area (Å²) in [6.07, 6.45) is -0.116. The summed E-state index contributed by atoms with van der Waals surface area (Å²) in [5.74, 6) is 0.889. The minimum absolute atomic E-state index is 0.0185. The van der Waals surface area contributed by atoms with Crippen LogP contribution in [0.15, 0.2) is 54.6 Å². The standard InChI is InChI=1S/C20H19NO3/c1-20(2)12-17(20)19(22)24-18(13-21)14-7-6-10-16(11-14)23-15-8-4-3-5-9-15/h3-11,17-18H,12H2,1-2H3/t17-,18-/m1/s1. The molecule has 4 heteroatoms. The first kappa shape index (κ1) is 16.1. The van der Waals surface area contributed by atoms with Crippen molar-refractivity contribution in [2.75, 3.05) is 0 Å². The van der Waals surface area contributed by atoms with E-state index in [-0.39, 0.29) is 17.3 Å². The summed E-state index contributed by atoms with van der Waals surface area (Å²) >= 11 is 0. The number of hydrogen-bond donors (Lipinski definition) is 0. The summed E-state index contributed by atoms with van der Waals surface area (Å²) in [5, 5.41) is 9.37. The van der Waals surface area contributed by atoms with Gasteiger partial charge in [-0.1, -0.05) is 44.2 Å². The normalized spacial score (nSPS) is 19.0. The molecule has 4 nitrogen and oxygen atoms in total. The van der Waals surface area contributed by atoms with E-state index in [0.717, 1.165) is 6.42 Å². The molecule has 24 heavy (non-hydrogen) atoms. The molecule has 1 fully saturated rings. The number of carbonyl (C=O) groups excluding carboxylic acids is 1. The van der Waals surface area contributed by atoms with E-state index in [9.17, 15) is 10.1 Å². The van der Waals surface area contributed by atoms with Crippen molar-refractivity contribution >= 4 is 5.97 Å². The van der Waals surface area contributed by atoms with Gasteiger partial charge >= 0.3 is 5.97 Å². The van der Waals surface area contributed by atoms with Crippen LogP contribution in [0.25, 0.3) is 0 Å².